The molecule has 2 N–H and O–H groups in total. The van der Waals surface area contributed by atoms with Crippen LogP contribution in [0.4, 0.5) is 4.39 Å². The Labute approximate surface area is 221 Å². The molecule has 1 saturated heterocycles. The molecule has 0 bridgehead atoms. The Morgan fingerprint density at radius 3 is 2.76 bits per heavy atom. The number of nitrogens with one attached hydrogen (secondary N) is 2. The molecule has 2 aromatic heterocycles. The number of aryl methyl sites for hydroxylation is 1. The normalized spacial score (nSPS) is 15.7. The van der Waals surface area contributed by atoms with Crippen LogP contribution in [-0.2, 0) is 12.2 Å². The van der Waals surface area contributed by atoms with Crippen molar-refractivity contribution in [3.8, 4) is 0 Å². The topological polar surface area (TPSA) is 87.2 Å². The zero-order valence-electron chi connectivity index (χ0n) is 21.6. The Morgan fingerprint density at radius 1 is 1.19 bits per heavy atom. The van der Waals surface area contributed by atoms with E-state index in [0.717, 1.165) is 35.5 Å². The standard InChI is InChI=1S/C28H34FN5O2S/c1-19-18-37-26(33-19)24-9-5-12-34(24)27(36)22-8-4-7-21(14-22)25(35)32-11-6-10-30-15-20-13-23(17-31-16-20)28(2,3)29/h4,7-8,13-14,16-18,24,30H,5-6,9-12,15H2,1-3H3,(H,32,35). The number of aromatic nitrogens is 2. The van der Waals surface area contributed by atoms with E-state index in [1.54, 1.807) is 48.0 Å². The lowest BCUT2D eigenvalue weighted by Gasteiger charge is -2.23. The van der Waals surface area contributed by atoms with E-state index < -0.39 is 5.67 Å². The first kappa shape index (κ1) is 26.9. The number of rotatable bonds is 10. The van der Waals surface area contributed by atoms with Crippen molar-refractivity contribution in [2.45, 2.75) is 58.3 Å². The van der Waals surface area contributed by atoms with E-state index in [4.69, 9.17) is 0 Å². The summed E-state index contributed by atoms with van der Waals surface area (Å²) in [5, 5.41) is 9.21. The number of hydrogen-bond donors (Lipinski definition) is 2. The molecule has 3 heterocycles. The minimum Gasteiger partial charge on any atom is -0.352 e. The highest BCUT2D eigenvalue weighted by Gasteiger charge is 2.32. The molecule has 1 atom stereocenters. The van der Waals surface area contributed by atoms with Crippen molar-refractivity contribution in [3.05, 3.63) is 81.1 Å². The molecule has 1 aromatic carbocycles. The van der Waals surface area contributed by atoms with Gasteiger partial charge < -0.3 is 15.5 Å². The molecule has 9 heteroatoms. The maximum absolute atomic E-state index is 14.1. The third-order valence-electron chi connectivity index (χ3n) is 6.43. The van der Waals surface area contributed by atoms with Gasteiger partial charge >= 0.3 is 0 Å². The van der Waals surface area contributed by atoms with Crippen molar-refractivity contribution < 1.29 is 14.0 Å². The number of nitrogens with zero attached hydrogens (tertiary/aromatic N) is 3. The Bertz CT molecular complexity index is 1240. The summed E-state index contributed by atoms with van der Waals surface area (Å²) in [5.41, 5.74) is 2.00. The van der Waals surface area contributed by atoms with Crippen molar-refractivity contribution in [3.63, 3.8) is 0 Å². The minimum absolute atomic E-state index is 0.00194. The van der Waals surface area contributed by atoms with Crippen LogP contribution >= 0.6 is 11.3 Å². The van der Waals surface area contributed by atoms with Crippen LogP contribution in [0, 0.1) is 6.92 Å². The smallest absolute Gasteiger partial charge is 0.254 e. The quantitative estimate of drug-likeness (QED) is 0.368. The summed E-state index contributed by atoms with van der Waals surface area (Å²) in [6, 6.07) is 8.73. The van der Waals surface area contributed by atoms with Crippen molar-refractivity contribution in [2.24, 2.45) is 0 Å². The van der Waals surface area contributed by atoms with Gasteiger partial charge in [-0.3, -0.25) is 14.6 Å². The van der Waals surface area contributed by atoms with Crippen LogP contribution in [0.25, 0.3) is 0 Å². The monoisotopic (exact) mass is 523 g/mol. The van der Waals surface area contributed by atoms with Gasteiger partial charge in [-0.2, -0.15) is 0 Å². The predicted octanol–water partition coefficient (Wildman–Crippen LogP) is 4.94. The van der Waals surface area contributed by atoms with Gasteiger partial charge in [0, 0.05) is 59.8 Å². The molecular weight excluding hydrogens is 489 g/mol. The molecule has 0 spiro atoms. The average molecular weight is 524 g/mol. The van der Waals surface area contributed by atoms with Gasteiger partial charge in [-0.15, -0.1) is 11.3 Å². The second-order valence-electron chi connectivity index (χ2n) is 9.91. The third kappa shape index (κ3) is 6.99. The Balaban J connectivity index is 1.25. The van der Waals surface area contributed by atoms with Gasteiger partial charge in [-0.05, 0) is 76.4 Å². The molecule has 7 nitrogen and oxygen atoms in total. The molecule has 3 aromatic rings. The summed E-state index contributed by atoms with van der Waals surface area (Å²) in [7, 11) is 0. The number of carbonyl (C=O) groups excluding carboxylic acids is 2. The maximum atomic E-state index is 14.1. The van der Waals surface area contributed by atoms with Gasteiger partial charge in [0.2, 0.25) is 0 Å². The number of thiazole rings is 1. The lowest BCUT2D eigenvalue weighted by Crippen LogP contribution is -2.31. The molecule has 196 valence electrons. The van der Waals surface area contributed by atoms with E-state index in [9.17, 15) is 14.0 Å². The highest BCUT2D eigenvalue weighted by Crippen LogP contribution is 2.34. The molecule has 0 saturated carbocycles. The number of halogens is 1. The van der Waals surface area contributed by atoms with E-state index in [2.05, 4.69) is 20.6 Å². The highest BCUT2D eigenvalue weighted by molar-refractivity contribution is 7.09. The number of alkyl halides is 1. The van der Waals surface area contributed by atoms with Crippen LogP contribution < -0.4 is 10.6 Å². The summed E-state index contributed by atoms with van der Waals surface area (Å²) in [4.78, 5) is 36.6. The molecule has 0 aliphatic carbocycles. The lowest BCUT2D eigenvalue weighted by atomic mass is 10.0. The molecule has 1 fully saturated rings. The van der Waals surface area contributed by atoms with E-state index in [0.29, 0.717) is 42.9 Å². The predicted molar refractivity (Wildman–Crippen MR) is 143 cm³/mol. The molecule has 2 amide bonds. The Hall–Kier alpha value is -3.17. The second kappa shape index (κ2) is 11.9. The minimum atomic E-state index is -1.42. The number of likely N-dealkylation sites (tertiary alicyclic amines) is 1. The van der Waals surface area contributed by atoms with Crippen molar-refractivity contribution >= 4 is 23.2 Å². The molecule has 0 radical (unpaired) electrons. The van der Waals surface area contributed by atoms with E-state index in [1.807, 2.05) is 23.3 Å². The lowest BCUT2D eigenvalue weighted by molar-refractivity contribution is 0.0735. The number of amides is 2. The summed E-state index contributed by atoms with van der Waals surface area (Å²) in [6.45, 7) is 7.45. The van der Waals surface area contributed by atoms with Crippen LogP contribution in [0.15, 0.2) is 48.1 Å². The fraction of sp³-hybridized carbons (Fsp3) is 0.429. The fourth-order valence-electron chi connectivity index (χ4n) is 4.41. The Kier molecular flexibility index (Phi) is 8.66. The molecule has 1 unspecified atom stereocenters. The van der Waals surface area contributed by atoms with Crippen LogP contribution in [0.3, 0.4) is 0 Å². The number of benzene rings is 1. The summed E-state index contributed by atoms with van der Waals surface area (Å²) in [6.07, 6.45) is 5.85. The van der Waals surface area contributed by atoms with Gasteiger partial charge in [0.05, 0.1) is 6.04 Å². The summed E-state index contributed by atoms with van der Waals surface area (Å²) in [5.74, 6) is -0.269. The van der Waals surface area contributed by atoms with Crippen LogP contribution in [0.5, 0.6) is 0 Å². The highest BCUT2D eigenvalue weighted by atomic mass is 32.1. The molecule has 1 aliphatic rings. The first-order chi connectivity index (χ1) is 17.7. The number of carbonyl (C=O) groups is 2. The van der Waals surface area contributed by atoms with Gasteiger partial charge in [0.15, 0.2) is 0 Å². The van der Waals surface area contributed by atoms with Gasteiger partial charge in [-0.1, -0.05) is 6.07 Å². The first-order valence-corrected chi connectivity index (χ1v) is 13.6. The third-order valence-corrected chi connectivity index (χ3v) is 7.50. The van der Waals surface area contributed by atoms with Crippen molar-refractivity contribution in [1.29, 1.82) is 0 Å². The molecular formula is C28H34FN5O2S. The SMILES string of the molecule is Cc1csc(C2CCCN2C(=O)c2cccc(C(=O)NCCCNCc3cncc(C(C)(C)F)c3)c2)n1. The summed E-state index contributed by atoms with van der Waals surface area (Å²) < 4.78 is 14.1. The van der Waals surface area contributed by atoms with Crippen molar-refractivity contribution in [1.82, 2.24) is 25.5 Å². The van der Waals surface area contributed by atoms with Crippen LogP contribution in [-0.4, -0.2) is 46.3 Å². The van der Waals surface area contributed by atoms with E-state index in [1.165, 1.54) is 13.8 Å². The molecule has 37 heavy (non-hydrogen) atoms. The maximum Gasteiger partial charge on any atom is 0.254 e. The largest absolute Gasteiger partial charge is 0.352 e. The Morgan fingerprint density at radius 2 is 2.00 bits per heavy atom. The number of hydrogen-bond acceptors (Lipinski definition) is 6. The van der Waals surface area contributed by atoms with Gasteiger partial charge in [0.1, 0.15) is 10.7 Å². The molecule has 1 aliphatic heterocycles. The average Bonchev–Trinajstić information content (AvgIpc) is 3.54. The van der Waals surface area contributed by atoms with E-state index in [-0.39, 0.29) is 17.9 Å². The van der Waals surface area contributed by atoms with Crippen LogP contribution in [0.2, 0.25) is 0 Å². The molecule has 4 rings (SSSR count). The van der Waals surface area contributed by atoms with E-state index >= 15 is 0 Å². The summed E-state index contributed by atoms with van der Waals surface area (Å²) >= 11 is 1.59. The zero-order chi connectivity index (χ0) is 26.4. The van der Waals surface area contributed by atoms with Crippen LogP contribution in [0.1, 0.15) is 81.7 Å². The van der Waals surface area contributed by atoms with Gasteiger partial charge in [-0.25, -0.2) is 9.37 Å². The van der Waals surface area contributed by atoms with Gasteiger partial charge in [0.25, 0.3) is 11.8 Å². The fourth-order valence-corrected chi connectivity index (χ4v) is 5.35. The second-order valence-corrected chi connectivity index (χ2v) is 10.8. The number of pyridine rings is 1. The zero-order valence-corrected chi connectivity index (χ0v) is 22.4. The first-order valence-electron chi connectivity index (χ1n) is 12.7. The van der Waals surface area contributed by atoms with Crippen molar-refractivity contribution in [2.75, 3.05) is 19.6 Å².